The molecule has 0 saturated carbocycles. The lowest BCUT2D eigenvalue weighted by molar-refractivity contribution is -0.151. The average molecular weight is 856 g/mol. The van der Waals surface area contributed by atoms with Gasteiger partial charge < -0.3 is 20.3 Å². The zero-order valence-electron chi connectivity index (χ0n) is 40.5. The smallest absolute Gasteiger partial charge is 0.306 e. The van der Waals surface area contributed by atoms with E-state index in [2.05, 4.69) is 74.7 Å². The van der Waals surface area contributed by atoms with E-state index in [9.17, 15) is 19.8 Å². The SMILES string of the molecule is CCCCC/C=C\C/C=C\C/C=C\C/C=C\CCCCCC(=O)OC(CCCCCCCCCCC)CC(=O)NC(CO)C(O)CCCCCCCCCCCCCCCC. The van der Waals surface area contributed by atoms with Crippen LogP contribution in [0, 0.1) is 0 Å². The van der Waals surface area contributed by atoms with Crippen LogP contribution >= 0.6 is 0 Å². The molecule has 0 spiro atoms. The number of esters is 1. The van der Waals surface area contributed by atoms with Gasteiger partial charge in [0.2, 0.25) is 5.91 Å². The summed E-state index contributed by atoms with van der Waals surface area (Å²) in [6, 6.07) is -0.705. The maximum Gasteiger partial charge on any atom is 0.306 e. The monoisotopic (exact) mass is 856 g/mol. The molecule has 0 heterocycles. The number of unbranched alkanes of at least 4 members (excludes halogenated alkanes) is 27. The van der Waals surface area contributed by atoms with Crippen LogP contribution in [0.5, 0.6) is 0 Å². The van der Waals surface area contributed by atoms with E-state index in [1.807, 2.05) is 0 Å². The number of aliphatic hydroxyl groups is 2. The van der Waals surface area contributed by atoms with Crippen molar-refractivity contribution < 1.29 is 24.5 Å². The second-order valence-electron chi connectivity index (χ2n) is 17.9. The molecular formula is C55H101NO5. The van der Waals surface area contributed by atoms with Gasteiger partial charge in [0, 0.05) is 6.42 Å². The standard InChI is InChI=1S/C55H101NO5/c1-4-7-10-13-16-19-21-23-25-26-27-28-29-31-33-36-39-42-45-48-55(60)61-51(46-43-40-37-34-18-15-12-9-6-3)49-54(59)56-52(50-57)53(58)47-44-41-38-35-32-30-24-22-20-17-14-11-8-5-2/h16,19,23,25,27-28,31,33,51-53,57-58H,4-15,17-18,20-22,24,26,29-30,32,34-50H2,1-3H3,(H,56,59)/b19-16-,25-23-,28-27-,33-31-. The Hall–Kier alpha value is -2.18. The molecule has 3 N–H and O–H groups in total. The van der Waals surface area contributed by atoms with Gasteiger partial charge in [-0.1, -0.05) is 230 Å². The zero-order valence-corrected chi connectivity index (χ0v) is 40.5. The molecule has 0 aromatic heterocycles. The first-order valence-corrected chi connectivity index (χ1v) is 26.4. The Labute approximate surface area is 378 Å². The molecule has 0 saturated heterocycles. The summed E-state index contributed by atoms with van der Waals surface area (Å²) in [6.45, 7) is 6.44. The fraction of sp³-hybridized carbons (Fsp3) is 0.818. The quantitative estimate of drug-likeness (QED) is 0.0322. The molecule has 6 heteroatoms. The minimum atomic E-state index is -0.791. The summed E-state index contributed by atoms with van der Waals surface area (Å²) in [6.07, 6.45) is 58.9. The molecule has 0 aromatic carbocycles. The summed E-state index contributed by atoms with van der Waals surface area (Å²) >= 11 is 0. The minimum absolute atomic E-state index is 0.0664. The highest BCUT2D eigenvalue weighted by molar-refractivity contribution is 5.77. The van der Waals surface area contributed by atoms with Crippen molar-refractivity contribution in [3.63, 3.8) is 0 Å². The molecule has 356 valence electrons. The van der Waals surface area contributed by atoms with Crippen molar-refractivity contribution >= 4 is 11.9 Å². The van der Waals surface area contributed by atoms with E-state index in [0.717, 1.165) is 83.5 Å². The highest BCUT2D eigenvalue weighted by atomic mass is 16.5. The third-order valence-electron chi connectivity index (χ3n) is 11.9. The van der Waals surface area contributed by atoms with Crippen LogP contribution in [0.15, 0.2) is 48.6 Å². The van der Waals surface area contributed by atoms with Crippen LogP contribution in [-0.4, -0.2) is 46.9 Å². The number of aliphatic hydroxyl groups excluding tert-OH is 2. The first-order chi connectivity index (χ1) is 30.0. The van der Waals surface area contributed by atoms with E-state index in [1.165, 1.54) is 135 Å². The van der Waals surface area contributed by atoms with Gasteiger partial charge in [-0.2, -0.15) is 0 Å². The van der Waals surface area contributed by atoms with Crippen molar-refractivity contribution in [2.75, 3.05) is 6.61 Å². The first-order valence-electron chi connectivity index (χ1n) is 26.4. The minimum Gasteiger partial charge on any atom is -0.462 e. The van der Waals surface area contributed by atoms with Gasteiger partial charge in [0.1, 0.15) is 6.10 Å². The zero-order chi connectivity index (χ0) is 44.5. The Bertz CT molecular complexity index is 1050. The largest absolute Gasteiger partial charge is 0.462 e. The molecule has 0 bridgehead atoms. The summed E-state index contributed by atoms with van der Waals surface area (Å²) in [5, 5.41) is 23.7. The van der Waals surface area contributed by atoms with Crippen molar-refractivity contribution in [3.8, 4) is 0 Å². The fourth-order valence-corrected chi connectivity index (χ4v) is 7.88. The van der Waals surface area contributed by atoms with Gasteiger partial charge in [-0.25, -0.2) is 0 Å². The number of ether oxygens (including phenoxy) is 1. The summed E-state index contributed by atoms with van der Waals surface area (Å²) in [4.78, 5) is 26.1. The number of carbonyl (C=O) groups excluding carboxylic acids is 2. The van der Waals surface area contributed by atoms with Crippen LogP contribution in [0.4, 0.5) is 0 Å². The van der Waals surface area contributed by atoms with E-state index in [4.69, 9.17) is 4.74 Å². The Kier molecular flexibility index (Phi) is 47.1. The van der Waals surface area contributed by atoms with Gasteiger partial charge in [-0.3, -0.25) is 9.59 Å². The molecule has 0 aliphatic rings. The normalized spacial score (nSPS) is 13.6. The number of allylic oxidation sites excluding steroid dienone is 8. The number of hydrogen-bond acceptors (Lipinski definition) is 5. The summed E-state index contributed by atoms with van der Waals surface area (Å²) < 4.78 is 5.91. The maximum atomic E-state index is 13.2. The van der Waals surface area contributed by atoms with E-state index in [-0.39, 0.29) is 24.9 Å². The summed E-state index contributed by atoms with van der Waals surface area (Å²) in [7, 11) is 0. The highest BCUT2D eigenvalue weighted by Crippen LogP contribution is 2.18. The molecule has 3 unspecified atom stereocenters. The number of nitrogens with one attached hydrogen (secondary N) is 1. The first kappa shape index (κ1) is 58.8. The second-order valence-corrected chi connectivity index (χ2v) is 17.9. The van der Waals surface area contributed by atoms with E-state index in [0.29, 0.717) is 19.3 Å². The van der Waals surface area contributed by atoms with Crippen molar-refractivity contribution in [1.29, 1.82) is 0 Å². The summed E-state index contributed by atoms with van der Waals surface area (Å²) in [5.74, 6) is -0.505. The van der Waals surface area contributed by atoms with E-state index in [1.54, 1.807) is 0 Å². The number of carbonyl (C=O) groups is 2. The third kappa shape index (κ3) is 44.2. The molecular weight excluding hydrogens is 755 g/mol. The second kappa shape index (κ2) is 48.8. The van der Waals surface area contributed by atoms with Crippen LogP contribution in [0.2, 0.25) is 0 Å². The average Bonchev–Trinajstić information content (AvgIpc) is 3.25. The molecule has 0 fully saturated rings. The van der Waals surface area contributed by atoms with Gasteiger partial charge in [-0.05, 0) is 70.6 Å². The van der Waals surface area contributed by atoms with Crippen LogP contribution in [0.1, 0.15) is 265 Å². The topological polar surface area (TPSA) is 95.9 Å². The molecule has 61 heavy (non-hydrogen) atoms. The molecule has 0 aliphatic carbocycles. The van der Waals surface area contributed by atoms with Crippen molar-refractivity contribution in [3.05, 3.63) is 48.6 Å². The molecule has 0 aromatic rings. The van der Waals surface area contributed by atoms with E-state index >= 15 is 0 Å². The molecule has 0 rings (SSSR count). The lowest BCUT2D eigenvalue weighted by Crippen LogP contribution is -2.46. The lowest BCUT2D eigenvalue weighted by atomic mass is 10.0. The summed E-state index contributed by atoms with van der Waals surface area (Å²) in [5.41, 5.74) is 0. The van der Waals surface area contributed by atoms with Crippen molar-refractivity contribution in [2.24, 2.45) is 0 Å². The van der Waals surface area contributed by atoms with Gasteiger partial charge in [0.15, 0.2) is 0 Å². The lowest BCUT2D eigenvalue weighted by Gasteiger charge is -2.24. The van der Waals surface area contributed by atoms with Crippen LogP contribution in [-0.2, 0) is 14.3 Å². The molecule has 6 nitrogen and oxygen atoms in total. The Morgan fingerprint density at radius 2 is 0.836 bits per heavy atom. The maximum absolute atomic E-state index is 13.2. The Morgan fingerprint density at radius 3 is 1.28 bits per heavy atom. The van der Waals surface area contributed by atoms with Gasteiger partial charge in [0.25, 0.3) is 0 Å². The van der Waals surface area contributed by atoms with Crippen LogP contribution in [0.25, 0.3) is 0 Å². The Balaban J connectivity index is 4.49. The van der Waals surface area contributed by atoms with Crippen LogP contribution in [0.3, 0.4) is 0 Å². The molecule has 3 atom stereocenters. The number of hydrogen-bond donors (Lipinski definition) is 3. The number of amides is 1. The van der Waals surface area contributed by atoms with Crippen molar-refractivity contribution in [1.82, 2.24) is 5.32 Å². The third-order valence-corrected chi connectivity index (χ3v) is 11.9. The van der Waals surface area contributed by atoms with Gasteiger partial charge in [-0.15, -0.1) is 0 Å². The predicted molar refractivity (Wildman–Crippen MR) is 264 cm³/mol. The Morgan fingerprint density at radius 1 is 0.475 bits per heavy atom. The van der Waals surface area contributed by atoms with Crippen molar-refractivity contribution in [2.45, 2.75) is 283 Å². The number of rotatable bonds is 47. The molecule has 0 aliphatic heterocycles. The molecule has 0 radical (unpaired) electrons. The van der Waals surface area contributed by atoms with E-state index < -0.39 is 18.2 Å². The van der Waals surface area contributed by atoms with Gasteiger partial charge in [0.05, 0.1) is 25.2 Å². The highest BCUT2D eigenvalue weighted by Gasteiger charge is 2.24. The fourth-order valence-electron chi connectivity index (χ4n) is 7.88. The molecule has 1 amide bonds. The predicted octanol–water partition coefficient (Wildman–Crippen LogP) is 15.8. The van der Waals surface area contributed by atoms with Gasteiger partial charge >= 0.3 is 5.97 Å². The van der Waals surface area contributed by atoms with Crippen LogP contribution < -0.4 is 5.32 Å².